The molecule has 1 aromatic heterocycles. The van der Waals surface area contributed by atoms with Crippen molar-refractivity contribution in [2.24, 2.45) is 5.73 Å². The van der Waals surface area contributed by atoms with Crippen molar-refractivity contribution >= 4 is 23.5 Å². The molecule has 2 heterocycles. The molecule has 5 rings (SSSR count). The molecule has 13 nitrogen and oxygen atoms in total. The van der Waals surface area contributed by atoms with E-state index in [1.165, 1.54) is 6.20 Å². The van der Waals surface area contributed by atoms with Crippen LogP contribution in [-0.4, -0.2) is 86.2 Å². The number of carbonyl (C=O) groups is 2. The number of likely N-dealkylation sites (tertiary alicyclic amines) is 1. The van der Waals surface area contributed by atoms with Gasteiger partial charge in [-0.1, -0.05) is 48.5 Å². The third-order valence-electron chi connectivity index (χ3n) is 10.4. The van der Waals surface area contributed by atoms with Crippen LogP contribution in [-0.2, 0) is 24.6 Å². The fraction of sp³-hybridized carbons (Fsp3) is 0.372. The number of nitrogens with two attached hydrogens (primary N) is 1. The quantitative estimate of drug-likeness (QED) is 0.0460. The SMILES string of the molecule is C=C(O)[C@](C)(CO)NCc1cc(Cl)c(OCc2cccc(-c3cccc(OCCCN4CCC(O)(CC(=O)O)C4)c3C)c2C)cc1OCc1cncc(C(N)=O)c1. The van der Waals surface area contributed by atoms with E-state index in [0.29, 0.717) is 60.3 Å². The molecule has 14 heteroatoms. The first kappa shape index (κ1) is 43.0. The zero-order chi connectivity index (χ0) is 41.3. The number of amides is 1. The van der Waals surface area contributed by atoms with Crippen molar-refractivity contribution in [3.8, 4) is 28.4 Å². The first-order valence-corrected chi connectivity index (χ1v) is 19.0. The van der Waals surface area contributed by atoms with Gasteiger partial charge in [-0.25, -0.2) is 0 Å². The van der Waals surface area contributed by atoms with Gasteiger partial charge < -0.3 is 45.3 Å². The van der Waals surface area contributed by atoms with Crippen LogP contribution in [0.3, 0.4) is 0 Å². The van der Waals surface area contributed by atoms with Gasteiger partial charge in [-0.15, -0.1) is 0 Å². The molecule has 1 amide bonds. The summed E-state index contributed by atoms with van der Waals surface area (Å²) < 4.78 is 18.7. The predicted octanol–water partition coefficient (Wildman–Crippen LogP) is 5.87. The number of aliphatic hydroxyl groups is 3. The minimum atomic E-state index is -1.18. The standard InChI is InChI=1S/C43H51ClN4O9/c1-27-31(8-5-9-34(27)35-10-6-11-37(28(35)2)55-15-7-13-48-14-12-43(54,25-48)19-40(51)52)24-57-39-18-38(56-23-30-16-33(41(45)53)21-46-20-30)32(17-36(39)44)22-47-42(4,26-49)29(3)50/h5-6,8-11,16-18,20-21,47,49-50,54H,3,7,12-15,19,22-26H2,1-2,4H3,(H2,45,53)(H,51,52)/t42-,43?/m0/s1. The zero-order valence-corrected chi connectivity index (χ0v) is 33.3. The van der Waals surface area contributed by atoms with Crippen LogP contribution in [0.1, 0.15) is 64.4 Å². The molecule has 1 unspecified atom stereocenters. The first-order chi connectivity index (χ1) is 27.1. The Hall–Kier alpha value is -5.18. The molecule has 304 valence electrons. The Labute approximate surface area is 337 Å². The molecule has 57 heavy (non-hydrogen) atoms. The molecule has 0 saturated carbocycles. The molecular weight excluding hydrogens is 752 g/mol. The van der Waals surface area contributed by atoms with Crippen LogP contribution in [0.4, 0.5) is 0 Å². The molecular formula is C43H51ClN4O9. The van der Waals surface area contributed by atoms with Crippen LogP contribution in [0.5, 0.6) is 17.2 Å². The minimum Gasteiger partial charge on any atom is -0.511 e. The fourth-order valence-electron chi connectivity index (χ4n) is 6.74. The Kier molecular flexibility index (Phi) is 14.2. The number of hydrogen-bond acceptors (Lipinski definition) is 11. The van der Waals surface area contributed by atoms with E-state index < -0.39 is 29.6 Å². The molecule has 0 bridgehead atoms. The average Bonchev–Trinajstić information content (AvgIpc) is 3.54. The number of β-amino-alcohol motifs (C(OH)–C–C–N with tert-alkyl or cyclic N) is 1. The fourth-order valence-corrected chi connectivity index (χ4v) is 6.98. The van der Waals surface area contributed by atoms with Gasteiger partial charge in [0.2, 0.25) is 5.91 Å². The predicted molar refractivity (Wildman–Crippen MR) is 217 cm³/mol. The van der Waals surface area contributed by atoms with Crippen molar-refractivity contribution in [2.75, 3.05) is 32.8 Å². The summed E-state index contributed by atoms with van der Waals surface area (Å²) >= 11 is 6.78. The Balaban J connectivity index is 1.29. The summed E-state index contributed by atoms with van der Waals surface area (Å²) in [6.45, 7) is 11.4. The maximum atomic E-state index is 11.7. The normalized spacial score (nSPS) is 16.5. The largest absolute Gasteiger partial charge is 0.511 e. The zero-order valence-electron chi connectivity index (χ0n) is 32.5. The van der Waals surface area contributed by atoms with Gasteiger partial charge >= 0.3 is 5.97 Å². The number of benzene rings is 3. The Morgan fingerprint density at radius 2 is 1.70 bits per heavy atom. The highest BCUT2D eigenvalue weighted by molar-refractivity contribution is 6.32. The summed E-state index contributed by atoms with van der Waals surface area (Å²) in [6.07, 6.45) is 3.87. The van der Waals surface area contributed by atoms with Crippen LogP contribution >= 0.6 is 11.6 Å². The van der Waals surface area contributed by atoms with Gasteiger partial charge in [0, 0.05) is 55.8 Å². The Morgan fingerprint density at radius 1 is 0.982 bits per heavy atom. The number of nitrogens with zero attached hydrogens (tertiary/aromatic N) is 2. The lowest BCUT2D eigenvalue weighted by Crippen LogP contribution is -2.46. The number of carboxylic acid groups (broad SMARTS) is 1. The number of halogens is 1. The smallest absolute Gasteiger partial charge is 0.306 e. The second kappa shape index (κ2) is 18.8. The average molecular weight is 803 g/mol. The van der Waals surface area contributed by atoms with Crippen molar-refractivity contribution in [3.63, 3.8) is 0 Å². The third kappa shape index (κ3) is 11.0. The van der Waals surface area contributed by atoms with E-state index in [1.54, 1.807) is 31.3 Å². The van der Waals surface area contributed by atoms with Crippen molar-refractivity contribution < 1.29 is 44.2 Å². The summed E-state index contributed by atoms with van der Waals surface area (Å²) in [5, 5.41) is 43.1. The maximum Gasteiger partial charge on any atom is 0.306 e. The number of hydrogen-bond donors (Lipinski definition) is 6. The number of pyridine rings is 1. The second-order valence-corrected chi connectivity index (χ2v) is 15.2. The van der Waals surface area contributed by atoms with Crippen LogP contribution < -0.4 is 25.3 Å². The van der Waals surface area contributed by atoms with Crippen molar-refractivity contribution in [3.05, 3.63) is 118 Å². The van der Waals surface area contributed by atoms with Gasteiger partial charge in [-0.3, -0.25) is 19.9 Å². The number of rotatable bonds is 20. The van der Waals surface area contributed by atoms with Crippen LogP contribution in [0.25, 0.3) is 11.1 Å². The number of carbonyl (C=O) groups excluding carboxylic acids is 1. The van der Waals surface area contributed by atoms with E-state index in [1.807, 2.05) is 38.1 Å². The molecule has 0 aliphatic carbocycles. The van der Waals surface area contributed by atoms with E-state index in [0.717, 1.165) is 40.0 Å². The number of primary amides is 1. The molecule has 1 saturated heterocycles. The monoisotopic (exact) mass is 802 g/mol. The molecule has 0 spiro atoms. The lowest BCUT2D eigenvalue weighted by atomic mass is 9.93. The minimum absolute atomic E-state index is 0.0485. The Morgan fingerprint density at radius 3 is 2.40 bits per heavy atom. The molecule has 2 atom stereocenters. The van der Waals surface area contributed by atoms with E-state index in [2.05, 4.69) is 33.9 Å². The summed E-state index contributed by atoms with van der Waals surface area (Å²) in [5.74, 6) is -0.286. The van der Waals surface area contributed by atoms with Gasteiger partial charge in [0.05, 0.1) is 41.4 Å². The molecule has 0 radical (unpaired) electrons. The van der Waals surface area contributed by atoms with Crippen LogP contribution in [0.15, 0.2) is 79.3 Å². The summed E-state index contributed by atoms with van der Waals surface area (Å²) in [5.41, 5.74) is 9.54. The van der Waals surface area contributed by atoms with Crippen molar-refractivity contribution in [2.45, 2.75) is 70.9 Å². The highest BCUT2D eigenvalue weighted by atomic mass is 35.5. The molecule has 1 aliphatic heterocycles. The highest BCUT2D eigenvalue weighted by Crippen LogP contribution is 2.37. The summed E-state index contributed by atoms with van der Waals surface area (Å²) in [4.78, 5) is 29.0. The summed E-state index contributed by atoms with van der Waals surface area (Å²) in [7, 11) is 0. The van der Waals surface area contributed by atoms with E-state index in [4.69, 9.17) is 36.7 Å². The number of carboxylic acids is 1. The van der Waals surface area contributed by atoms with Crippen LogP contribution in [0.2, 0.25) is 5.02 Å². The van der Waals surface area contributed by atoms with Crippen molar-refractivity contribution in [1.82, 2.24) is 15.2 Å². The summed E-state index contributed by atoms with van der Waals surface area (Å²) in [6, 6.07) is 17.0. The number of aliphatic hydroxyl groups excluding tert-OH is 2. The number of aliphatic carboxylic acids is 1. The highest BCUT2D eigenvalue weighted by Gasteiger charge is 2.37. The van der Waals surface area contributed by atoms with E-state index >= 15 is 0 Å². The molecule has 3 aromatic carbocycles. The maximum absolute atomic E-state index is 11.7. The Bertz CT molecular complexity index is 2100. The number of ether oxygens (including phenoxy) is 3. The van der Waals surface area contributed by atoms with Gasteiger partial charge in [0.15, 0.2) is 0 Å². The first-order valence-electron chi connectivity index (χ1n) is 18.6. The van der Waals surface area contributed by atoms with Crippen LogP contribution in [0, 0.1) is 13.8 Å². The molecule has 1 aliphatic rings. The molecule has 1 fully saturated rings. The van der Waals surface area contributed by atoms with Gasteiger partial charge in [0.1, 0.15) is 36.2 Å². The van der Waals surface area contributed by atoms with E-state index in [-0.39, 0.29) is 37.5 Å². The molecule has 7 N–H and O–H groups in total. The lowest BCUT2D eigenvalue weighted by molar-refractivity contribution is -0.142. The number of nitrogens with one attached hydrogen (secondary N) is 1. The van der Waals surface area contributed by atoms with Gasteiger partial charge in [0.25, 0.3) is 0 Å². The van der Waals surface area contributed by atoms with E-state index in [9.17, 15) is 24.9 Å². The van der Waals surface area contributed by atoms with Gasteiger partial charge in [-0.05, 0) is 79.6 Å². The number of aromatic nitrogens is 1. The topological polar surface area (TPSA) is 197 Å². The lowest BCUT2D eigenvalue weighted by Gasteiger charge is -2.28. The van der Waals surface area contributed by atoms with Crippen molar-refractivity contribution in [1.29, 1.82) is 0 Å². The second-order valence-electron chi connectivity index (χ2n) is 14.7. The molecule has 4 aromatic rings. The van der Waals surface area contributed by atoms with Gasteiger partial charge in [-0.2, -0.15) is 0 Å². The third-order valence-corrected chi connectivity index (χ3v) is 10.7.